The predicted octanol–water partition coefficient (Wildman–Crippen LogP) is 0.892. The summed E-state index contributed by atoms with van der Waals surface area (Å²) in [6.07, 6.45) is 4.15. The molecule has 3 nitrogen and oxygen atoms in total. The molecule has 0 unspecified atom stereocenters. The van der Waals surface area contributed by atoms with Gasteiger partial charge in [-0.05, 0) is 7.05 Å². The molecule has 0 aliphatic heterocycles. The first kappa shape index (κ1) is 8.43. The third-order valence-corrected chi connectivity index (χ3v) is 1.50. The van der Waals surface area contributed by atoms with Crippen molar-refractivity contribution in [3.63, 3.8) is 0 Å². The number of aromatic nitrogens is 2. The number of halogens is 1. The molecule has 60 valence electrons. The fourth-order valence-corrected chi connectivity index (χ4v) is 0.819. The number of nitrogens with one attached hydrogen (secondary N) is 1. The van der Waals surface area contributed by atoms with E-state index in [1.165, 1.54) is 0 Å². The maximum absolute atomic E-state index is 5.56. The lowest BCUT2D eigenvalue weighted by molar-refractivity contribution is 0.772. The highest BCUT2D eigenvalue weighted by molar-refractivity contribution is 6.29. The van der Waals surface area contributed by atoms with Crippen LogP contribution in [0.25, 0.3) is 0 Å². The molecular weight excluding hydrogens is 162 g/mol. The minimum Gasteiger partial charge on any atom is -0.319 e. The zero-order chi connectivity index (χ0) is 8.10. The topological polar surface area (TPSA) is 37.8 Å². The molecule has 0 amide bonds. The summed E-state index contributed by atoms with van der Waals surface area (Å²) in [5.41, 5.74) is 0.962. The molecule has 0 spiro atoms. The standard InChI is InChI=1S/C7H10ClN3/c1-9-3-2-6-4-11-7(8)5-10-6/h4-5,9H,2-3H2,1H3. The quantitative estimate of drug-likeness (QED) is 0.734. The highest BCUT2D eigenvalue weighted by atomic mass is 35.5. The lowest BCUT2D eigenvalue weighted by atomic mass is 10.3. The normalized spacial score (nSPS) is 10.0. The summed E-state index contributed by atoms with van der Waals surface area (Å²) in [5, 5.41) is 3.47. The van der Waals surface area contributed by atoms with Gasteiger partial charge in [-0.2, -0.15) is 0 Å². The van der Waals surface area contributed by atoms with E-state index in [1.807, 2.05) is 7.05 Å². The molecule has 1 rings (SSSR count). The molecule has 4 heteroatoms. The molecule has 0 radical (unpaired) electrons. The van der Waals surface area contributed by atoms with Gasteiger partial charge in [0, 0.05) is 13.0 Å². The zero-order valence-electron chi connectivity index (χ0n) is 6.34. The summed E-state index contributed by atoms with van der Waals surface area (Å²) >= 11 is 5.56. The van der Waals surface area contributed by atoms with Crippen LogP contribution < -0.4 is 5.32 Å². The van der Waals surface area contributed by atoms with Gasteiger partial charge in [-0.15, -0.1) is 0 Å². The van der Waals surface area contributed by atoms with Crippen LogP contribution in [0.4, 0.5) is 0 Å². The SMILES string of the molecule is CNCCc1cnc(Cl)cn1. The summed E-state index contributed by atoms with van der Waals surface area (Å²) < 4.78 is 0. The largest absolute Gasteiger partial charge is 0.319 e. The van der Waals surface area contributed by atoms with Crippen molar-refractivity contribution in [1.29, 1.82) is 0 Å². The maximum Gasteiger partial charge on any atom is 0.147 e. The van der Waals surface area contributed by atoms with Crippen molar-refractivity contribution in [3.05, 3.63) is 23.2 Å². The monoisotopic (exact) mass is 171 g/mol. The Morgan fingerprint density at radius 1 is 1.45 bits per heavy atom. The number of rotatable bonds is 3. The first-order chi connectivity index (χ1) is 5.33. The molecule has 0 aliphatic carbocycles. The molecule has 1 N–H and O–H groups in total. The van der Waals surface area contributed by atoms with Crippen molar-refractivity contribution in [3.8, 4) is 0 Å². The fraction of sp³-hybridized carbons (Fsp3) is 0.429. The van der Waals surface area contributed by atoms with Crippen molar-refractivity contribution >= 4 is 11.6 Å². The molecule has 0 aliphatic rings. The van der Waals surface area contributed by atoms with Gasteiger partial charge in [-0.1, -0.05) is 11.6 Å². The Morgan fingerprint density at radius 2 is 2.27 bits per heavy atom. The van der Waals surface area contributed by atoms with Gasteiger partial charge in [-0.3, -0.25) is 4.98 Å². The highest BCUT2D eigenvalue weighted by Gasteiger charge is 1.93. The average molecular weight is 172 g/mol. The molecule has 0 aromatic carbocycles. The number of likely N-dealkylation sites (N-methyl/N-ethyl adjacent to an activating group) is 1. The highest BCUT2D eigenvalue weighted by Crippen LogP contribution is 2.00. The molecule has 0 saturated heterocycles. The van der Waals surface area contributed by atoms with Gasteiger partial charge in [0.2, 0.25) is 0 Å². The van der Waals surface area contributed by atoms with E-state index in [0.29, 0.717) is 5.15 Å². The van der Waals surface area contributed by atoms with Gasteiger partial charge in [-0.25, -0.2) is 4.98 Å². The Balaban J connectivity index is 2.52. The predicted molar refractivity (Wildman–Crippen MR) is 44.7 cm³/mol. The summed E-state index contributed by atoms with van der Waals surface area (Å²) in [6, 6.07) is 0. The molecule has 0 fully saturated rings. The first-order valence-corrected chi connectivity index (χ1v) is 3.82. The second-order valence-electron chi connectivity index (χ2n) is 2.18. The van der Waals surface area contributed by atoms with Crippen LogP contribution in [0.15, 0.2) is 12.4 Å². The van der Waals surface area contributed by atoms with Gasteiger partial charge in [0.05, 0.1) is 18.1 Å². The molecule has 11 heavy (non-hydrogen) atoms. The molecule has 0 atom stereocenters. The molecular formula is C7H10ClN3. The van der Waals surface area contributed by atoms with Gasteiger partial charge in [0.15, 0.2) is 0 Å². The minimum atomic E-state index is 0.443. The van der Waals surface area contributed by atoms with E-state index in [4.69, 9.17) is 11.6 Å². The Kier molecular flexibility index (Phi) is 3.26. The van der Waals surface area contributed by atoms with E-state index in [9.17, 15) is 0 Å². The van der Waals surface area contributed by atoms with E-state index in [2.05, 4.69) is 15.3 Å². The molecule has 1 heterocycles. The second-order valence-corrected chi connectivity index (χ2v) is 2.57. The third kappa shape index (κ3) is 2.82. The van der Waals surface area contributed by atoms with Crippen molar-refractivity contribution in [2.24, 2.45) is 0 Å². The van der Waals surface area contributed by atoms with Crippen LogP contribution in [0.1, 0.15) is 5.69 Å². The van der Waals surface area contributed by atoms with Crippen molar-refractivity contribution in [1.82, 2.24) is 15.3 Å². The van der Waals surface area contributed by atoms with Crippen LogP contribution in [0.5, 0.6) is 0 Å². The first-order valence-electron chi connectivity index (χ1n) is 3.44. The van der Waals surface area contributed by atoms with Crippen LogP contribution >= 0.6 is 11.6 Å². The number of hydrogen-bond donors (Lipinski definition) is 1. The molecule has 1 aromatic heterocycles. The average Bonchev–Trinajstić information content (AvgIpc) is 2.04. The summed E-state index contributed by atoms with van der Waals surface area (Å²) in [4.78, 5) is 7.99. The van der Waals surface area contributed by atoms with Crippen LogP contribution in [0.3, 0.4) is 0 Å². The van der Waals surface area contributed by atoms with E-state index in [-0.39, 0.29) is 0 Å². The smallest absolute Gasteiger partial charge is 0.147 e. The van der Waals surface area contributed by atoms with Crippen LogP contribution in [0, 0.1) is 0 Å². The van der Waals surface area contributed by atoms with E-state index in [0.717, 1.165) is 18.7 Å². The van der Waals surface area contributed by atoms with Crippen molar-refractivity contribution in [2.75, 3.05) is 13.6 Å². The molecule has 0 bridgehead atoms. The number of hydrogen-bond acceptors (Lipinski definition) is 3. The Bertz CT molecular complexity index is 209. The van der Waals surface area contributed by atoms with Crippen molar-refractivity contribution < 1.29 is 0 Å². The van der Waals surface area contributed by atoms with Crippen LogP contribution in [-0.2, 0) is 6.42 Å². The van der Waals surface area contributed by atoms with Gasteiger partial charge in [0.1, 0.15) is 5.15 Å². The van der Waals surface area contributed by atoms with Gasteiger partial charge < -0.3 is 5.32 Å². The van der Waals surface area contributed by atoms with E-state index < -0.39 is 0 Å². The van der Waals surface area contributed by atoms with Crippen molar-refractivity contribution in [2.45, 2.75) is 6.42 Å². The Morgan fingerprint density at radius 3 is 2.82 bits per heavy atom. The number of nitrogens with zero attached hydrogens (tertiary/aromatic N) is 2. The summed E-state index contributed by atoms with van der Waals surface area (Å²) in [7, 11) is 1.91. The van der Waals surface area contributed by atoms with Gasteiger partial charge >= 0.3 is 0 Å². The lowest BCUT2D eigenvalue weighted by Crippen LogP contribution is -2.11. The molecule has 1 aromatic rings. The second kappa shape index (κ2) is 4.26. The summed E-state index contributed by atoms with van der Waals surface area (Å²) in [5.74, 6) is 0. The zero-order valence-corrected chi connectivity index (χ0v) is 7.10. The van der Waals surface area contributed by atoms with Crippen LogP contribution in [0.2, 0.25) is 5.15 Å². The van der Waals surface area contributed by atoms with Crippen LogP contribution in [-0.4, -0.2) is 23.6 Å². The fourth-order valence-electron chi connectivity index (χ4n) is 0.721. The van der Waals surface area contributed by atoms with E-state index >= 15 is 0 Å². The minimum absolute atomic E-state index is 0.443. The summed E-state index contributed by atoms with van der Waals surface area (Å²) in [6.45, 7) is 0.913. The Labute approximate surface area is 70.8 Å². The Hall–Kier alpha value is -0.670. The molecule has 0 saturated carbocycles. The van der Waals surface area contributed by atoms with E-state index in [1.54, 1.807) is 12.4 Å². The third-order valence-electron chi connectivity index (χ3n) is 1.30. The maximum atomic E-state index is 5.56. The lowest BCUT2D eigenvalue weighted by Gasteiger charge is -1.97. The van der Waals surface area contributed by atoms with Gasteiger partial charge in [0.25, 0.3) is 0 Å².